The lowest BCUT2D eigenvalue weighted by Crippen LogP contribution is -2.18. The van der Waals surface area contributed by atoms with Gasteiger partial charge in [0.15, 0.2) is 0 Å². The lowest BCUT2D eigenvalue weighted by atomic mass is 10.4. The van der Waals surface area contributed by atoms with Gasteiger partial charge < -0.3 is 14.6 Å². The van der Waals surface area contributed by atoms with E-state index in [1.807, 2.05) is 0 Å². The SMILES string of the molecule is OC1(COCCF)CO1. The van der Waals surface area contributed by atoms with Gasteiger partial charge in [-0.15, -0.1) is 0 Å². The highest BCUT2D eigenvalue weighted by molar-refractivity contribution is 4.77. The third kappa shape index (κ3) is 2.26. The van der Waals surface area contributed by atoms with E-state index in [4.69, 9.17) is 5.11 Å². The third-order valence-electron chi connectivity index (χ3n) is 1.03. The molecule has 1 heterocycles. The summed E-state index contributed by atoms with van der Waals surface area (Å²) in [5, 5.41) is 8.89. The minimum atomic E-state index is -1.09. The van der Waals surface area contributed by atoms with Gasteiger partial charge >= 0.3 is 0 Å². The summed E-state index contributed by atoms with van der Waals surface area (Å²) in [5.41, 5.74) is 0. The van der Waals surface area contributed by atoms with Gasteiger partial charge in [0, 0.05) is 0 Å². The first kappa shape index (κ1) is 6.92. The lowest BCUT2D eigenvalue weighted by molar-refractivity contribution is -0.0454. The van der Waals surface area contributed by atoms with Crippen molar-refractivity contribution in [2.45, 2.75) is 5.79 Å². The fourth-order valence-electron chi connectivity index (χ4n) is 0.453. The molecule has 1 unspecified atom stereocenters. The molecule has 0 aliphatic carbocycles. The standard InChI is InChI=1S/C5H9FO3/c6-1-2-8-3-5(7)4-9-5/h7H,1-4H2. The van der Waals surface area contributed by atoms with Crippen molar-refractivity contribution in [2.75, 3.05) is 26.5 Å². The predicted molar refractivity (Wildman–Crippen MR) is 27.7 cm³/mol. The molecule has 0 aromatic carbocycles. The number of epoxide rings is 1. The summed E-state index contributed by atoms with van der Waals surface area (Å²) in [6, 6.07) is 0. The van der Waals surface area contributed by atoms with Gasteiger partial charge in [0.2, 0.25) is 5.79 Å². The van der Waals surface area contributed by atoms with Gasteiger partial charge in [-0.1, -0.05) is 0 Å². The fourth-order valence-corrected chi connectivity index (χ4v) is 0.453. The van der Waals surface area contributed by atoms with Gasteiger partial charge in [0.05, 0.1) is 6.61 Å². The number of hydrogen-bond donors (Lipinski definition) is 1. The van der Waals surface area contributed by atoms with Crippen LogP contribution in [0.5, 0.6) is 0 Å². The van der Waals surface area contributed by atoms with Gasteiger partial charge in [-0.05, 0) is 0 Å². The molecule has 4 heteroatoms. The number of hydrogen-bond acceptors (Lipinski definition) is 3. The van der Waals surface area contributed by atoms with Crippen LogP contribution in [0.15, 0.2) is 0 Å². The molecule has 1 rings (SSSR count). The average Bonchev–Trinajstić information content (AvgIpc) is 2.50. The van der Waals surface area contributed by atoms with Crippen molar-refractivity contribution in [3.05, 3.63) is 0 Å². The van der Waals surface area contributed by atoms with Crippen molar-refractivity contribution in [1.82, 2.24) is 0 Å². The van der Waals surface area contributed by atoms with Crippen LogP contribution >= 0.6 is 0 Å². The second-order valence-electron chi connectivity index (χ2n) is 1.98. The van der Waals surface area contributed by atoms with Crippen LogP contribution in [-0.4, -0.2) is 37.4 Å². The number of ether oxygens (including phenoxy) is 2. The first-order valence-corrected chi connectivity index (χ1v) is 2.77. The highest BCUT2D eigenvalue weighted by Crippen LogP contribution is 2.22. The topological polar surface area (TPSA) is 42.0 Å². The lowest BCUT2D eigenvalue weighted by Gasteiger charge is -2.02. The molecule has 1 atom stereocenters. The van der Waals surface area contributed by atoms with Crippen LogP contribution in [0.1, 0.15) is 0 Å². The second-order valence-corrected chi connectivity index (χ2v) is 1.98. The third-order valence-corrected chi connectivity index (χ3v) is 1.03. The van der Waals surface area contributed by atoms with E-state index < -0.39 is 12.5 Å². The van der Waals surface area contributed by atoms with Crippen LogP contribution in [0.25, 0.3) is 0 Å². The van der Waals surface area contributed by atoms with Gasteiger partial charge in [-0.25, -0.2) is 4.39 Å². The molecule has 1 fully saturated rings. The van der Waals surface area contributed by atoms with E-state index in [9.17, 15) is 4.39 Å². The van der Waals surface area contributed by atoms with Gasteiger partial charge in [0.25, 0.3) is 0 Å². The molecule has 1 saturated heterocycles. The summed E-state index contributed by atoms with van der Waals surface area (Å²) >= 11 is 0. The van der Waals surface area contributed by atoms with Gasteiger partial charge in [0.1, 0.15) is 19.9 Å². The Labute approximate surface area is 52.4 Å². The number of aliphatic hydroxyl groups is 1. The summed E-state index contributed by atoms with van der Waals surface area (Å²) in [6.07, 6.45) is 0. The molecule has 0 aromatic heterocycles. The van der Waals surface area contributed by atoms with Crippen LogP contribution in [0.2, 0.25) is 0 Å². The van der Waals surface area contributed by atoms with Gasteiger partial charge in [-0.3, -0.25) is 0 Å². The molecule has 54 valence electrons. The number of halogens is 1. The van der Waals surface area contributed by atoms with Crippen LogP contribution < -0.4 is 0 Å². The van der Waals surface area contributed by atoms with Crippen LogP contribution in [0.3, 0.4) is 0 Å². The Morgan fingerprint density at radius 2 is 2.44 bits per heavy atom. The Morgan fingerprint density at radius 1 is 1.78 bits per heavy atom. The van der Waals surface area contributed by atoms with Gasteiger partial charge in [-0.2, -0.15) is 0 Å². The monoisotopic (exact) mass is 136 g/mol. The first-order chi connectivity index (χ1) is 4.27. The zero-order valence-corrected chi connectivity index (χ0v) is 4.97. The zero-order valence-electron chi connectivity index (χ0n) is 4.97. The molecule has 0 amide bonds. The maximum atomic E-state index is 11.3. The highest BCUT2D eigenvalue weighted by atomic mass is 19.1. The van der Waals surface area contributed by atoms with Crippen molar-refractivity contribution in [3.8, 4) is 0 Å². The fraction of sp³-hybridized carbons (Fsp3) is 1.00. The summed E-state index contributed by atoms with van der Waals surface area (Å²) in [5.74, 6) is -1.09. The molecule has 0 aromatic rings. The van der Waals surface area contributed by atoms with Crippen molar-refractivity contribution in [2.24, 2.45) is 0 Å². The van der Waals surface area contributed by atoms with E-state index >= 15 is 0 Å². The van der Waals surface area contributed by atoms with E-state index in [1.165, 1.54) is 0 Å². The normalized spacial score (nSPS) is 32.7. The molecular formula is C5H9FO3. The van der Waals surface area contributed by atoms with E-state index in [-0.39, 0.29) is 13.2 Å². The second kappa shape index (κ2) is 2.60. The average molecular weight is 136 g/mol. The molecule has 1 aliphatic heterocycles. The van der Waals surface area contributed by atoms with E-state index in [0.717, 1.165) is 0 Å². The van der Waals surface area contributed by atoms with E-state index in [1.54, 1.807) is 0 Å². The molecule has 3 nitrogen and oxygen atoms in total. The first-order valence-electron chi connectivity index (χ1n) is 2.77. The van der Waals surface area contributed by atoms with E-state index in [2.05, 4.69) is 9.47 Å². The Bertz CT molecular complexity index is 92.2. The largest absolute Gasteiger partial charge is 0.373 e. The molecule has 0 radical (unpaired) electrons. The Balaban J connectivity index is 1.92. The number of rotatable bonds is 4. The summed E-state index contributed by atoms with van der Waals surface area (Å²) in [7, 11) is 0. The Hall–Kier alpha value is -0.190. The molecule has 1 aliphatic rings. The molecule has 0 spiro atoms. The summed E-state index contributed by atoms with van der Waals surface area (Å²) < 4.78 is 20.6. The Kier molecular flexibility index (Phi) is 2.00. The summed E-state index contributed by atoms with van der Waals surface area (Å²) in [4.78, 5) is 0. The van der Waals surface area contributed by atoms with Crippen molar-refractivity contribution in [3.63, 3.8) is 0 Å². The minimum absolute atomic E-state index is 0.0334. The molecular weight excluding hydrogens is 127 g/mol. The zero-order chi connectivity index (χ0) is 6.74. The predicted octanol–water partition coefficient (Wildman–Crippen LogP) is -0.309. The Morgan fingerprint density at radius 3 is 2.89 bits per heavy atom. The quantitative estimate of drug-likeness (QED) is 0.426. The van der Waals surface area contributed by atoms with Crippen molar-refractivity contribution in [1.29, 1.82) is 0 Å². The van der Waals surface area contributed by atoms with Crippen LogP contribution in [0, 0.1) is 0 Å². The highest BCUT2D eigenvalue weighted by Gasteiger charge is 2.42. The number of alkyl halides is 1. The van der Waals surface area contributed by atoms with Crippen molar-refractivity contribution < 1.29 is 19.0 Å². The molecule has 1 N–H and O–H groups in total. The molecule has 0 bridgehead atoms. The van der Waals surface area contributed by atoms with E-state index in [0.29, 0.717) is 6.61 Å². The maximum absolute atomic E-state index is 11.3. The smallest absolute Gasteiger partial charge is 0.213 e. The molecule has 9 heavy (non-hydrogen) atoms. The minimum Gasteiger partial charge on any atom is -0.373 e. The van der Waals surface area contributed by atoms with Crippen molar-refractivity contribution >= 4 is 0 Å². The van der Waals surface area contributed by atoms with Crippen LogP contribution in [0.4, 0.5) is 4.39 Å². The summed E-state index contributed by atoms with van der Waals surface area (Å²) in [6.45, 7) is -0.0993. The van der Waals surface area contributed by atoms with Crippen LogP contribution in [-0.2, 0) is 9.47 Å². The maximum Gasteiger partial charge on any atom is 0.213 e. The molecule has 0 saturated carbocycles.